The van der Waals surface area contributed by atoms with Gasteiger partial charge in [-0.3, -0.25) is 4.31 Å². The molecule has 1 fully saturated rings. The van der Waals surface area contributed by atoms with Crippen LogP contribution in [0, 0.1) is 5.92 Å². The van der Waals surface area contributed by atoms with Crippen molar-refractivity contribution in [2.45, 2.75) is 39.0 Å². The average Bonchev–Trinajstić information content (AvgIpc) is 3.34. The van der Waals surface area contributed by atoms with Gasteiger partial charge in [0.05, 0.1) is 17.5 Å². The van der Waals surface area contributed by atoms with Gasteiger partial charge < -0.3 is 14.5 Å². The molecule has 2 aromatic carbocycles. The van der Waals surface area contributed by atoms with Crippen molar-refractivity contribution < 1.29 is 17.9 Å². The van der Waals surface area contributed by atoms with Crippen molar-refractivity contribution in [3.8, 4) is 28.5 Å². The molecule has 0 saturated heterocycles. The van der Waals surface area contributed by atoms with Crippen LogP contribution in [-0.2, 0) is 10.0 Å². The number of rotatable bonds is 8. The number of hydrogen-bond acceptors (Lipinski definition) is 5. The second kappa shape index (κ2) is 8.51. The predicted molar refractivity (Wildman–Crippen MR) is 135 cm³/mol. The van der Waals surface area contributed by atoms with E-state index < -0.39 is 10.0 Å². The van der Waals surface area contributed by atoms with Gasteiger partial charge in [-0.2, -0.15) is 0 Å². The first-order valence-electron chi connectivity index (χ1n) is 11.6. The molecule has 0 amide bonds. The molecule has 5 rings (SSSR count). The molecule has 0 aliphatic heterocycles. The summed E-state index contributed by atoms with van der Waals surface area (Å²) in [6.45, 7) is 4.62. The number of nitrogens with zero attached hydrogens (tertiary/aromatic N) is 2. The number of sulfonamides is 1. The molecule has 0 spiro atoms. The first-order chi connectivity index (χ1) is 16.2. The molecule has 2 N–H and O–H groups in total. The van der Waals surface area contributed by atoms with Crippen LogP contribution >= 0.6 is 0 Å². The molecule has 1 aliphatic rings. The van der Waals surface area contributed by atoms with Gasteiger partial charge >= 0.3 is 0 Å². The molecule has 2 aromatic heterocycles. The van der Waals surface area contributed by atoms with Crippen molar-refractivity contribution in [1.82, 2.24) is 9.97 Å². The quantitative estimate of drug-likeness (QED) is 0.328. The van der Waals surface area contributed by atoms with Gasteiger partial charge in [0.1, 0.15) is 22.9 Å². The molecule has 0 unspecified atom stereocenters. The van der Waals surface area contributed by atoms with Crippen LogP contribution in [0.3, 0.4) is 0 Å². The fourth-order valence-corrected chi connectivity index (χ4v) is 5.33. The third-order valence-electron chi connectivity index (χ3n) is 6.30. The second-order valence-corrected chi connectivity index (χ2v) is 11.4. The van der Waals surface area contributed by atoms with E-state index in [9.17, 15) is 13.5 Å². The number of imidazole rings is 1. The van der Waals surface area contributed by atoms with Crippen LogP contribution in [0.1, 0.15) is 44.6 Å². The number of nitrogens with one attached hydrogen (secondary N) is 1. The number of anilines is 1. The Morgan fingerprint density at radius 1 is 1.21 bits per heavy atom. The van der Waals surface area contributed by atoms with Crippen LogP contribution in [0.2, 0.25) is 0 Å². The van der Waals surface area contributed by atoms with Crippen LogP contribution in [0.15, 0.2) is 53.2 Å². The maximum Gasteiger partial charge on any atom is 0.232 e. The number of aromatic amines is 1. The van der Waals surface area contributed by atoms with Gasteiger partial charge in [0.25, 0.3) is 0 Å². The van der Waals surface area contributed by atoms with Gasteiger partial charge in [0.2, 0.25) is 10.0 Å². The zero-order valence-corrected chi connectivity index (χ0v) is 20.4. The number of H-pyrrole nitrogens is 1. The zero-order chi connectivity index (χ0) is 24.0. The lowest BCUT2D eigenvalue weighted by Crippen LogP contribution is -2.32. The average molecular weight is 480 g/mol. The highest BCUT2D eigenvalue weighted by molar-refractivity contribution is 7.92. The van der Waals surface area contributed by atoms with Gasteiger partial charge in [0.15, 0.2) is 0 Å². The highest BCUT2D eigenvalue weighted by Crippen LogP contribution is 2.49. The molecule has 7 nitrogen and oxygen atoms in total. The van der Waals surface area contributed by atoms with E-state index in [-0.39, 0.29) is 5.75 Å². The maximum absolute atomic E-state index is 12.8. The van der Waals surface area contributed by atoms with Gasteiger partial charge in [0, 0.05) is 36.0 Å². The summed E-state index contributed by atoms with van der Waals surface area (Å²) in [6.07, 6.45) is 7.58. The van der Waals surface area contributed by atoms with E-state index in [4.69, 9.17) is 4.42 Å². The minimum atomic E-state index is -3.47. The summed E-state index contributed by atoms with van der Waals surface area (Å²) in [5, 5.41) is 10.6. The molecular formula is C26H29N3O4S. The minimum Gasteiger partial charge on any atom is -0.508 e. The van der Waals surface area contributed by atoms with Crippen LogP contribution in [-0.4, -0.2) is 36.3 Å². The van der Waals surface area contributed by atoms with Crippen LogP contribution in [0.5, 0.6) is 5.75 Å². The van der Waals surface area contributed by atoms with E-state index in [0.717, 1.165) is 41.3 Å². The van der Waals surface area contributed by atoms with Gasteiger partial charge in [-0.05, 0) is 67.0 Å². The fourth-order valence-electron chi connectivity index (χ4n) is 4.38. The largest absolute Gasteiger partial charge is 0.508 e. The van der Waals surface area contributed by atoms with E-state index in [1.165, 1.54) is 10.6 Å². The normalized spacial score (nSPS) is 14.2. The molecule has 2 heterocycles. The van der Waals surface area contributed by atoms with Gasteiger partial charge in [-0.1, -0.05) is 13.8 Å². The molecule has 34 heavy (non-hydrogen) atoms. The summed E-state index contributed by atoms with van der Waals surface area (Å²) < 4.78 is 33.6. The third-order valence-corrected chi connectivity index (χ3v) is 7.48. The molecule has 1 saturated carbocycles. The Morgan fingerprint density at radius 2 is 1.94 bits per heavy atom. The van der Waals surface area contributed by atoms with Crippen molar-refractivity contribution in [2.75, 3.05) is 17.1 Å². The Labute approximate surface area is 199 Å². The van der Waals surface area contributed by atoms with E-state index in [1.807, 2.05) is 6.07 Å². The van der Waals surface area contributed by atoms with E-state index >= 15 is 0 Å². The number of hydrogen-bond donors (Lipinski definition) is 2. The maximum atomic E-state index is 12.8. The first kappa shape index (κ1) is 22.5. The van der Waals surface area contributed by atoms with Gasteiger partial charge in [-0.15, -0.1) is 0 Å². The standard InChI is InChI=1S/C26H29N3O4S/c1-16(2)10-13-29(34(3,31)32)22-15-23-21(14-20(22)17-4-5-17)24(26-27-11-12-28-26)25(33-23)18-6-8-19(30)9-7-18/h6-9,11-12,14-17,30H,4-5,10,13H2,1-3H3,(H,27,28). The van der Waals surface area contributed by atoms with Crippen molar-refractivity contribution in [3.05, 3.63) is 54.4 Å². The van der Waals surface area contributed by atoms with Crippen molar-refractivity contribution in [2.24, 2.45) is 5.92 Å². The summed E-state index contributed by atoms with van der Waals surface area (Å²) in [5.41, 5.74) is 3.97. The topological polar surface area (TPSA) is 99.4 Å². The summed E-state index contributed by atoms with van der Waals surface area (Å²) in [7, 11) is -3.47. The minimum absolute atomic E-state index is 0.173. The Hall–Kier alpha value is -3.26. The van der Waals surface area contributed by atoms with Crippen molar-refractivity contribution in [1.29, 1.82) is 0 Å². The predicted octanol–water partition coefficient (Wildman–Crippen LogP) is 5.89. The number of aromatic nitrogens is 2. The Morgan fingerprint density at radius 3 is 2.53 bits per heavy atom. The lowest BCUT2D eigenvalue weighted by molar-refractivity contribution is 0.475. The van der Waals surface area contributed by atoms with Crippen molar-refractivity contribution in [3.63, 3.8) is 0 Å². The second-order valence-electron chi connectivity index (χ2n) is 9.49. The molecule has 0 radical (unpaired) electrons. The molecule has 0 atom stereocenters. The Bertz CT molecular complexity index is 1420. The number of fused-ring (bicyclic) bond motifs is 1. The first-order valence-corrected chi connectivity index (χ1v) is 13.4. The highest BCUT2D eigenvalue weighted by atomic mass is 32.2. The summed E-state index contributed by atoms with van der Waals surface area (Å²) in [6, 6.07) is 10.8. The van der Waals surface area contributed by atoms with Crippen LogP contribution < -0.4 is 4.31 Å². The monoisotopic (exact) mass is 479 g/mol. The zero-order valence-electron chi connectivity index (χ0n) is 19.6. The fraction of sp³-hybridized carbons (Fsp3) is 0.346. The molecule has 1 aliphatic carbocycles. The number of benzene rings is 2. The smallest absolute Gasteiger partial charge is 0.232 e. The van der Waals surface area contributed by atoms with Crippen molar-refractivity contribution >= 4 is 26.7 Å². The highest BCUT2D eigenvalue weighted by Gasteiger charge is 2.32. The number of aromatic hydroxyl groups is 1. The molecular weight excluding hydrogens is 450 g/mol. The SMILES string of the molecule is CC(C)CCN(c1cc2oc(-c3ccc(O)cc3)c(-c3ncc[nH]3)c2cc1C1CC1)S(C)(=O)=O. The van der Waals surface area contributed by atoms with Gasteiger partial charge in [-0.25, -0.2) is 13.4 Å². The molecule has 178 valence electrons. The lowest BCUT2D eigenvalue weighted by atomic mass is 10.00. The summed E-state index contributed by atoms with van der Waals surface area (Å²) in [5.74, 6) is 2.19. The Balaban J connectivity index is 1.75. The third kappa shape index (κ3) is 4.30. The van der Waals surface area contributed by atoms with Crippen LogP contribution in [0.4, 0.5) is 5.69 Å². The lowest BCUT2D eigenvalue weighted by Gasteiger charge is -2.26. The molecule has 0 bridgehead atoms. The summed E-state index contributed by atoms with van der Waals surface area (Å²) in [4.78, 5) is 7.66. The van der Waals surface area contributed by atoms with E-state index in [1.54, 1.807) is 36.7 Å². The number of furan rings is 1. The molecule has 8 heteroatoms. The number of phenols is 1. The summed E-state index contributed by atoms with van der Waals surface area (Å²) >= 11 is 0. The molecule has 4 aromatic rings. The van der Waals surface area contributed by atoms with E-state index in [0.29, 0.717) is 41.2 Å². The number of phenolic OH excluding ortho intramolecular Hbond substituents is 1. The van der Waals surface area contributed by atoms with E-state index in [2.05, 4.69) is 29.9 Å². The Kier molecular flexibility index (Phi) is 5.64. The van der Waals surface area contributed by atoms with Crippen LogP contribution in [0.25, 0.3) is 33.7 Å².